The molecule has 0 atom stereocenters. The number of hydrogen-bond donors (Lipinski definition) is 0. The molecule has 0 N–H and O–H groups in total. The molecule has 9 aromatic rings. The first-order valence-corrected chi connectivity index (χ1v) is 15.6. The zero-order valence-electron chi connectivity index (χ0n) is 22.6. The molecule has 0 aliphatic rings. The fourth-order valence-electron chi connectivity index (χ4n) is 6.60. The molecular weight excluding hydrogens is 563 g/mol. The molecule has 0 fully saturated rings. The third kappa shape index (κ3) is 3.38. The van der Waals surface area contributed by atoms with Gasteiger partial charge in [0.25, 0.3) is 0 Å². The van der Waals surface area contributed by atoms with Gasteiger partial charge >= 0.3 is 0 Å². The van der Waals surface area contributed by atoms with Gasteiger partial charge in [-0.3, -0.25) is 0 Å². The Balaban J connectivity index is 1.36. The van der Waals surface area contributed by atoms with Gasteiger partial charge in [0.05, 0.1) is 39.6 Å². The SMILES string of the molecule is [C-]#[N+]c1cc(-c2cccc3sc4ccccc4c23)cc2c1sc1c(-n3c4ccccc4c4cc(C#N)ccc43)cccc12. The summed E-state index contributed by atoms with van der Waals surface area (Å²) in [6.07, 6.45) is 0. The van der Waals surface area contributed by atoms with E-state index in [-0.39, 0.29) is 0 Å². The summed E-state index contributed by atoms with van der Waals surface area (Å²) >= 11 is 3.50. The highest BCUT2D eigenvalue weighted by molar-refractivity contribution is 7.27. The predicted octanol–water partition coefficient (Wildman–Crippen LogP) is 11.6. The van der Waals surface area contributed by atoms with E-state index in [4.69, 9.17) is 6.57 Å². The molecule has 3 nitrogen and oxygen atoms in total. The number of fused-ring (bicyclic) bond motifs is 9. The molecule has 198 valence electrons. The molecule has 0 radical (unpaired) electrons. The average molecular weight is 582 g/mol. The van der Waals surface area contributed by atoms with Crippen LogP contribution in [-0.4, -0.2) is 4.57 Å². The Morgan fingerprint density at radius 3 is 2.28 bits per heavy atom. The highest BCUT2D eigenvalue weighted by Crippen LogP contribution is 2.47. The average Bonchev–Trinajstić information content (AvgIpc) is 3.73. The number of benzene rings is 6. The third-order valence-corrected chi connectivity index (χ3v) is 10.8. The van der Waals surface area contributed by atoms with Gasteiger partial charge in [-0.1, -0.05) is 60.7 Å². The van der Waals surface area contributed by atoms with Gasteiger partial charge in [-0.2, -0.15) is 5.26 Å². The minimum Gasteiger partial charge on any atom is -0.308 e. The fraction of sp³-hybridized carbons (Fsp3) is 0. The molecular formula is C38H19N3S2. The van der Waals surface area contributed by atoms with E-state index < -0.39 is 0 Å². The van der Waals surface area contributed by atoms with Crippen molar-refractivity contribution in [2.24, 2.45) is 0 Å². The number of rotatable bonds is 2. The Morgan fingerprint density at radius 2 is 1.40 bits per heavy atom. The maximum Gasteiger partial charge on any atom is 0.205 e. The second-order valence-corrected chi connectivity index (χ2v) is 12.8. The lowest BCUT2D eigenvalue weighted by atomic mass is 9.97. The van der Waals surface area contributed by atoms with Crippen molar-refractivity contribution in [2.75, 3.05) is 0 Å². The summed E-state index contributed by atoms with van der Waals surface area (Å²) in [5.74, 6) is 0. The van der Waals surface area contributed by atoms with Crippen LogP contribution in [0.3, 0.4) is 0 Å². The third-order valence-electron chi connectivity index (χ3n) is 8.43. The molecule has 0 spiro atoms. The summed E-state index contributed by atoms with van der Waals surface area (Å²) in [6.45, 7) is 8.17. The highest BCUT2D eigenvalue weighted by Gasteiger charge is 2.19. The van der Waals surface area contributed by atoms with Crippen molar-refractivity contribution >= 4 is 90.5 Å². The Bertz CT molecular complexity index is 2710. The van der Waals surface area contributed by atoms with Gasteiger partial charge in [0.2, 0.25) is 5.69 Å². The molecule has 43 heavy (non-hydrogen) atoms. The maximum atomic E-state index is 9.59. The van der Waals surface area contributed by atoms with E-state index in [2.05, 4.69) is 113 Å². The lowest BCUT2D eigenvalue weighted by molar-refractivity contribution is 1.20. The summed E-state index contributed by atoms with van der Waals surface area (Å²) in [7, 11) is 0. The first-order valence-electron chi connectivity index (χ1n) is 13.9. The smallest absolute Gasteiger partial charge is 0.205 e. The van der Waals surface area contributed by atoms with Gasteiger partial charge in [-0.15, -0.1) is 22.7 Å². The van der Waals surface area contributed by atoms with Crippen LogP contribution in [0.4, 0.5) is 5.69 Å². The topological polar surface area (TPSA) is 33.1 Å². The standard InChI is InChI=1S/C38H19N3S2/c1-40-30-20-23(24-10-7-15-35-36(24)27-9-3-5-14-34(27)42-35)19-29-26-11-6-13-33(38(26)43-37(29)30)41-31-12-4-2-8-25(31)28-18-22(21-39)16-17-32(28)41/h2-20H. The van der Waals surface area contributed by atoms with Crippen molar-refractivity contribution in [3.05, 3.63) is 132 Å². The molecule has 0 amide bonds. The minimum atomic E-state index is 0.651. The normalized spacial score (nSPS) is 11.7. The van der Waals surface area contributed by atoms with E-state index in [0.29, 0.717) is 11.3 Å². The number of nitriles is 1. The fourth-order valence-corrected chi connectivity index (χ4v) is 8.98. The van der Waals surface area contributed by atoms with Gasteiger partial charge in [0.15, 0.2) is 0 Å². The number of hydrogen-bond acceptors (Lipinski definition) is 3. The van der Waals surface area contributed by atoms with E-state index >= 15 is 0 Å². The van der Waals surface area contributed by atoms with Gasteiger partial charge < -0.3 is 4.57 Å². The Kier molecular flexibility index (Phi) is 5.07. The second-order valence-electron chi connectivity index (χ2n) is 10.7. The lowest BCUT2D eigenvalue weighted by Gasteiger charge is -2.09. The molecule has 3 aromatic heterocycles. The van der Waals surface area contributed by atoms with Gasteiger partial charge in [-0.05, 0) is 71.1 Å². The highest BCUT2D eigenvalue weighted by atomic mass is 32.1. The van der Waals surface area contributed by atoms with E-state index in [1.807, 2.05) is 29.5 Å². The zero-order chi connectivity index (χ0) is 28.7. The van der Waals surface area contributed by atoms with Crippen molar-refractivity contribution in [3.63, 3.8) is 0 Å². The van der Waals surface area contributed by atoms with Crippen LogP contribution >= 0.6 is 22.7 Å². The summed E-state index contributed by atoms with van der Waals surface area (Å²) < 4.78 is 6.99. The summed E-state index contributed by atoms with van der Waals surface area (Å²) in [5, 5.41) is 16.5. The zero-order valence-corrected chi connectivity index (χ0v) is 24.3. The molecule has 9 rings (SSSR count). The van der Waals surface area contributed by atoms with Crippen LogP contribution in [0, 0.1) is 17.9 Å². The van der Waals surface area contributed by atoms with Crippen LogP contribution in [0.2, 0.25) is 0 Å². The van der Waals surface area contributed by atoms with Crippen LogP contribution in [-0.2, 0) is 0 Å². The van der Waals surface area contributed by atoms with Crippen LogP contribution in [0.25, 0.3) is 83.8 Å². The van der Waals surface area contributed by atoms with Crippen molar-refractivity contribution in [3.8, 4) is 22.9 Å². The van der Waals surface area contributed by atoms with Crippen molar-refractivity contribution in [1.82, 2.24) is 4.57 Å². The van der Waals surface area contributed by atoms with Crippen molar-refractivity contribution in [2.45, 2.75) is 0 Å². The van der Waals surface area contributed by atoms with E-state index in [0.717, 1.165) is 58.8 Å². The van der Waals surface area contributed by atoms with Crippen LogP contribution in [0.5, 0.6) is 0 Å². The molecule has 0 unspecified atom stereocenters. The van der Waals surface area contributed by atoms with Crippen LogP contribution in [0.15, 0.2) is 115 Å². The molecule has 5 heteroatoms. The number of para-hydroxylation sites is 1. The van der Waals surface area contributed by atoms with Gasteiger partial charge in [0.1, 0.15) is 0 Å². The predicted molar refractivity (Wildman–Crippen MR) is 183 cm³/mol. The van der Waals surface area contributed by atoms with Crippen molar-refractivity contribution in [1.29, 1.82) is 5.26 Å². The summed E-state index contributed by atoms with van der Waals surface area (Å²) in [6, 6.07) is 42.5. The first-order chi connectivity index (χ1) is 21.2. The van der Waals surface area contributed by atoms with E-state index in [1.165, 1.54) is 20.2 Å². The van der Waals surface area contributed by atoms with Gasteiger partial charge in [0, 0.05) is 41.0 Å². The number of aromatic nitrogens is 1. The van der Waals surface area contributed by atoms with E-state index in [1.54, 1.807) is 11.3 Å². The van der Waals surface area contributed by atoms with E-state index in [9.17, 15) is 5.26 Å². The number of thiophene rings is 2. The van der Waals surface area contributed by atoms with Crippen molar-refractivity contribution < 1.29 is 0 Å². The molecule has 0 saturated heterocycles. The Hall–Kier alpha value is -5.46. The second kappa shape index (κ2) is 9.02. The Morgan fingerprint density at radius 1 is 0.628 bits per heavy atom. The lowest BCUT2D eigenvalue weighted by Crippen LogP contribution is -1.93. The molecule has 3 heterocycles. The summed E-state index contributed by atoms with van der Waals surface area (Å²) in [4.78, 5) is 4.05. The molecule has 0 aliphatic carbocycles. The van der Waals surface area contributed by atoms with Crippen LogP contribution < -0.4 is 0 Å². The van der Waals surface area contributed by atoms with Crippen LogP contribution in [0.1, 0.15) is 5.56 Å². The minimum absolute atomic E-state index is 0.651. The molecule has 6 aromatic carbocycles. The van der Waals surface area contributed by atoms with Gasteiger partial charge in [-0.25, -0.2) is 4.85 Å². The Labute approximate surface area is 254 Å². The quantitative estimate of drug-likeness (QED) is 0.187. The largest absolute Gasteiger partial charge is 0.308 e. The number of nitrogens with zero attached hydrogens (tertiary/aromatic N) is 3. The molecule has 0 bridgehead atoms. The first kappa shape index (κ1) is 24.2. The maximum absolute atomic E-state index is 9.59. The monoisotopic (exact) mass is 581 g/mol. The molecule has 0 saturated carbocycles. The molecule has 0 aliphatic heterocycles. The summed E-state index contributed by atoms with van der Waals surface area (Å²) in [5.41, 5.74) is 6.80.